The van der Waals surface area contributed by atoms with Crippen molar-refractivity contribution in [1.82, 2.24) is 9.78 Å². The topological polar surface area (TPSA) is 46.9 Å². The van der Waals surface area contributed by atoms with Crippen molar-refractivity contribution in [2.45, 2.75) is 26.2 Å². The van der Waals surface area contributed by atoms with Gasteiger partial charge in [-0.25, -0.2) is 9.07 Å². The molecule has 4 nitrogen and oxygen atoms in total. The van der Waals surface area contributed by atoms with Crippen molar-refractivity contribution >= 4 is 11.6 Å². The molecule has 1 amide bonds. The van der Waals surface area contributed by atoms with Gasteiger partial charge in [-0.2, -0.15) is 5.10 Å². The van der Waals surface area contributed by atoms with Crippen molar-refractivity contribution in [2.75, 3.05) is 5.32 Å². The lowest BCUT2D eigenvalue weighted by Gasteiger charge is -2.13. The highest BCUT2D eigenvalue weighted by molar-refractivity contribution is 5.91. The van der Waals surface area contributed by atoms with Crippen LogP contribution in [0.25, 0.3) is 5.69 Å². The van der Waals surface area contributed by atoms with E-state index in [0.717, 1.165) is 11.4 Å². The van der Waals surface area contributed by atoms with Gasteiger partial charge in [-0.15, -0.1) is 0 Å². The quantitative estimate of drug-likeness (QED) is 0.747. The maximum atomic E-state index is 13.8. The molecule has 5 heteroatoms. The molecule has 0 aliphatic heterocycles. The van der Waals surface area contributed by atoms with E-state index >= 15 is 0 Å². The number of carbonyl (C=O) groups excluding carboxylic acids is 1. The summed E-state index contributed by atoms with van der Waals surface area (Å²) in [6, 6.07) is 16.3. The Morgan fingerprint density at radius 1 is 1.16 bits per heavy atom. The molecule has 128 valence electrons. The Labute approximate surface area is 146 Å². The highest BCUT2D eigenvalue weighted by atomic mass is 19.1. The maximum absolute atomic E-state index is 13.8. The van der Waals surface area contributed by atoms with Crippen LogP contribution in [0.15, 0.2) is 60.8 Å². The first kappa shape index (κ1) is 16.9. The number of aromatic nitrogens is 2. The number of hydrogen-bond donors (Lipinski definition) is 1. The smallest absolute Gasteiger partial charge is 0.225 e. The van der Waals surface area contributed by atoms with Crippen LogP contribution in [0.2, 0.25) is 0 Å². The SMILES string of the molecule is Cc1c(NC(=O)CC(C)c2ccccc2F)cnn1-c1ccccc1. The van der Waals surface area contributed by atoms with E-state index in [1.54, 1.807) is 29.1 Å². The Morgan fingerprint density at radius 2 is 1.84 bits per heavy atom. The van der Waals surface area contributed by atoms with E-state index in [1.807, 2.05) is 44.2 Å². The van der Waals surface area contributed by atoms with E-state index in [9.17, 15) is 9.18 Å². The molecule has 0 aliphatic rings. The Balaban J connectivity index is 1.70. The highest BCUT2D eigenvalue weighted by Crippen LogP contribution is 2.23. The van der Waals surface area contributed by atoms with Gasteiger partial charge in [0.05, 0.1) is 23.3 Å². The predicted octanol–water partition coefficient (Wildman–Crippen LogP) is 4.45. The van der Waals surface area contributed by atoms with E-state index < -0.39 is 0 Å². The maximum Gasteiger partial charge on any atom is 0.225 e. The molecule has 25 heavy (non-hydrogen) atoms. The molecule has 0 spiro atoms. The van der Waals surface area contributed by atoms with Crippen molar-refractivity contribution in [3.8, 4) is 5.69 Å². The van der Waals surface area contributed by atoms with Crippen LogP contribution in [0.3, 0.4) is 0 Å². The number of hydrogen-bond acceptors (Lipinski definition) is 2. The number of anilines is 1. The van der Waals surface area contributed by atoms with Gasteiger partial charge in [0.1, 0.15) is 5.82 Å². The second kappa shape index (κ2) is 7.30. The molecular weight excluding hydrogens is 317 g/mol. The summed E-state index contributed by atoms with van der Waals surface area (Å²) in [5.74, 6) is -0.645. The summed E-state index contributed by atoms with van der Waals surface area (Å²) in [5.41, 5.74) is 2.99. The summed E-state index contributed by atoms with van der Waals surface area (Å²) in [6.07, 6.45) is 1.84. The van der Waals surface area contributed by atoms with E-state index in [0.29, 0.717) is 11.3 Å². The van der Waals surface area contributed by atoms with Gasteiger partial charge in [0.25, 0.3) is 0 Å². The minimum Gasteiger partial charge on any atom is -0.323 e. The number of rotatable bonds is 5. The molecule has 0 bridgehead atoms. The zero-order chi connectivity index (χ0) is 17.8. The van der Waals surface area contributed by atoms with Gasteiger partial charge < -0.3 is 5.32 Å². The molecule has 1 heterocycles. The largest absolute Gasteiger partial charge is 0.323 e. The second-order valence-electron chi connectivity index (χ2n) is 6.07. The van der Waals surface area contributed by atoms with Crippen LogP contribution in [-0.2, 0) is 4.79 Å². The molecule has 2 aromatic carbocycles. The molecule has 0 aliphatic carbocycles. The number of benzene rings is 2. The van der Waals surface area contributed by atoms with Gasteiger partial charge in [-0.05, 0) is 36.6 Å². The van der Waals surface area contributed by atoms with E-state index in [2.05, 4.69) is 10.4 Å². The lowest BCUT2D eigenvalue weighted by atomic mass is 9.97. The minimum absolute atomic E-state index is 0.161. The van der Waals surface area contributed by atoms with Gasteiger partial charge in [0.15, 0.2) is 0 Å². The fraction of sp³-hybridized carbons (Fsp3) is 0.200. The first-order chi connectivity index (χ1) is 12.1. The highest BCUT2D eigenvalue weighted by Gasteiger charge is 2.16. The van der Waals surface area contributed by atoms with Gasteiger partial charge in [0, 0.05) is 6.42 Å². The number of para-hydroxylation sites is 1. The van der Waals surface area contributed by atoms with Gasteiger partial charge in [-0.3, -0.25) is 4.79 Å². The van der Waals surface area contributed by atoms with Crippen LogP contribution in [0, 0.1) is 12.7 Å². The number of nitrogens with zero attached hydrogens (tertiary/aromatic N) is 2. The van der Waals surface area contributed by atoms with Crippen molar-refractivity contribution in [2.24, 2.45) is 0 Å². The van der Waals surface area contributed by atoms with Crippen molar-refractivity contribution in [3.63, 3.8) is 0 Å². The molecule has 0 fully saturated rings. The molecule has 0 saturated carbocycles. The summed E-state index contributed by atoms with van der Waals surface area (Å²) in [6.45, 7) is 3.74. The summed E-state index contributed by atoms with van der Waals surface area (Å²) in [7, 11) is 0. The molecule has 1 unspecified atom stereocenters. The fourth-order valence-corrected chi connectivity index (χ4v) is 2.83. The molecule has 1 atom stereocenters. The first-order valence-corrected chi connectivity index (χ1v) is 8.20. The van der Waals surface area contributed by atoms with Crippen LogP contribution in [-0.4, -0.2) is 15.7 Å². The average molecular weight is 337 g/mol. The van der Waals surface area contributed by atoms with Gasteiger partial charge in [0.2, 0.25) is 5.91 Å². The average Bonchev–Trinajstić information content (AvgIpc) is 2.96. The monoisotopic (exact) mass is 337 g/mol. The van der Waals surface area contributed by atoms with Crippen molar-refractivity contribution in [1.29, 1.82) is 0 Å². The minimum atomic E-state index is -0.282. The Hall–Kier alpha value is -2.95. The second-order valence-corrected chi connectivity index (χ2v) is 6.07. The van der Waals surface area contributed by atoms with Crippen LogP contribution in [0.5, 0.6) is 0 Å². The summed E-state index contributed by atoms with van der Waals surface area (Å²) in [5, 5.41) is 7.21. The molecule has 1 N–H and O–H groups in total. The molecule has 3 aromatic rings. The molecule has 0 saturated heterocycles. The third-order valence-corrected chi connectivity index (χ3v) is 4.21. The van der Waals surface area contributed by atoms with E-state index in [1.165, 1.54) is 6.07 Å². The Morgan fingerprint density at radius 3 is 2.56 bits per heavy atom. The number of nitrogens with one attached hydrogen (secondary N) is 1. The third-order valence-electron chi connectivity index (χ3n) is 4.21. The molecule has 3 rings (SSSR count). The van der Waals surface area contributed by atoms with Crippen LogP contribution >= 0.6 is 0 Å². The van der Waals surface area contributed by atoms with Gasteiger partial charge >= 0.3 is 0 Å². The van der Waals surface area contributed by atoms with E-state index in [4.69, 9.17) is 0 Å². The standard InChI is InChI=1S/C20H20FN3O/c1-14(17-10-6-7-11-18(17)21)12-20(25)23-19-13-22-24(15(19)2)16-8-4-3-5-9-16/h3-11,13-14H,12H2,1-2H3,(H,23,25). The Bertz CT molecular complexity index is 874. The van der Waals surface area contributed by atoms with Crippen LogP contribution in [0.1, 0.15) is 30.5 Å². The summed E-state index contributed by atoms with van der Waals surface area (Å²) >= 11 is 0. The van der Waals surface area contributed by atoms with Crippen LogP contribution in [0.4, 0.5) is 10.1 Å². The van der Waals surface area contributed by atoms with Crippen molar-refractivity contribution in [3.05, 3.63) is 77.9 Å². The predicted molar refractivity (Wildman–Crippen MR) is 96.4 cm³/mol. The lowest BCUT2D eigenvalue weighted by molar-refractivity contribution is -0.116. The number of halogens is 1. The first-order valence-electron chi connectivity index (χ1n) is 8.20. The van der Waals surface area contributed by atoms with Crippen LogP contribution < -0.4 is 5.32 Å². The lowest BCUT2D eigenvalue weighted by Crippen LogP contribution is -2.15. The number of carbonyl (C=O) groups is 1. The Kier molecular flexibility index (Phi) is 4.93. The molecular formula is C20H20FN3O. The number of amides is 1. The van der Waals surface area contributed by atoms with Gasteiger partial charge in [-0.1, -0.05) is 43.3 Å². The summed E-state index contributed by atoms with van der Waals surface area (Å²) in [4.78, 5) is 12.3. The third kappa shape index (κ3) is 3.76. The fourth-order valence-electron chi connectivity index (χ4n) is 2.83. The van der Waals surface area contributed by atoms with E-state index in [-0.39, 0.29) is 24.1 Å². The summed E-state index contributed by atoms with van der Waals surface area (Å²) < 4.78 is 15.6. The molecule has 1 aromatic heterocycles. The normalized spacial score (nSPS) is 12.0. The zero-order valence-corrected chi connectivity index (χ0v) is 14.2. The van der Waals surface area contributed by atoms with Crippen molar-refractivity contribution < 1.29 is 9.18 Å². The zero-order valence-electron chi connectivity index (χ0n) is 14.2. The molecule has 0 radical (unpaired) electrons.